The minimum absolute atomic E-state index is 0.0381. The van der Waals surface area contributed by atoms with E-state index < -0.39 is 0 Å². The summed E-state index contributed by atoms with van der Waals surface area (Å²) in [6, 6.07) is 3.55. The molecule has 0 saturated carbocycles. The third-order valence-corrected chi connectivity index (χ3v) is 3.24. The topological polar surface area (TPSA) is 44.8 Å². The molecule has 1 aromatic carbocycles. The van der Waals surface area contributed by atoms with Crippen LogP contribution in [0, 0.1) is 0 Å². The van der Waals surface area contributed by atoms with Crippen molar-refractivity contribution in [2.45, 2.75) is 12.8 Å². The summed E-state index contributed by atoms with van der Waals surface area (Å²) in [5.41, 5.74) is 1.52. The van der Waals surface area contributed by atoms with Crippen LogP contribution in [0.5, 0.6) is 17.2 Å². The molecule has 1 aliphatic carbocycles. The Morgan fingerprint density at radius 2 is 1.70 bits per heavy atom. The summed E-state index contributed by atoms with van der Waals surface area (Å²) in [4.78, 5) is 11.9. The van der Waals surface area contributed by atoms with Gasteiger partial charge in [-0.3, -0.25) is 4.79 Å². The number of ketones is 1. The van der Waals surface area contributed by atoms with E-state index in [4.69, 9.17) is 14.2 Å². The van der Waals surface area contributed by atoms with E-state index in [2.05, 4.69) is 0 Å². The van der Waals surface area contributed by atoms with Crippen molar-refractivity contribution in [2.24, 2.45) is 0 Å². The summed E-state index contributed by atoms with van der Waals surface area (Å²) in [7, 11) is 4.75. The number of hydrogen-bond donors (Lipinski definition) is 0. The molecule has 0 radical (unpaired) electrons. The minimum atomic E-state index is 0.0381. The Hall–Kier alpha value is -2.23. The van der Waals surface area contributed by atoms with Gasteiger partial charge in [-0.25, -0.2) is 0 Å². The zero-order valence-corrected chi connectivity index (χ0v) is 11.9. The molecular weight excluding hydrogens is 256 g/mol. The minimum Gasteiger partial charge on any atom is -0.496 e. The van der Waals surface area contributed by atoms with E-state index in [1.807, 2.05) is 12.2 Å². The molecule has 4 heteroatoms. The fourth-order valence-corrected chi connectivity index (χ4v) is 2.15. The van der Waals surface area contributed by atoms with Crippen LogP contribution in [0.25, 0.3) is 6.08 Å². The lowest BCUT2D eigenvalue weighted by atomic mass is 9.97. The van der Waals surface area contributed by atoms with Crippen LogP contribution < -0.4 is 14.2 Å². The molecule has 4 nitrogen and oxygen atoms in total. The lowest BCUT2D eigenvalue weighted by molar-refractivity contribution is -0.111. The average Bonchev–Trinajstić information content (AvgIpc) is 2.49. The Balaban J connectivity index is 2.52. The number of rotatable bonds is 4. The van der Waals surface area contributed by atoms with Gasteiger partial charge >= 0.3 is 0 Å². The van der Waals surface area contributed by atoms with Crippen molar-refractivity contribution < 1.29 is 19.0 Å². The normalized spacial score (nSPS) is 16.4. The zero-order chi connectivity index (χ0) is 14.5. The van der Waals surface area contributed by atoms with Crippen molar-refractivity contribution in [1.29, 1.82) is 0 Å². The number of carbonyl (C=O) groups is 1. The molecule has 0 spiro atoms. The van der Waals surface area contributed by atoms with Crippen LogP contribution in [0.2, 0.25) is 0 Å². The number of benzene rings is 1. The highest BCUT2D eigenvalue weighted by atomic mass is 16.5. The molecule has 0 saturated heterocycles. The molecule has 1 aliphatic rings. The van der Waals surface area contributed by atoms with Gasteiger partial charge in [-0.05, 0) is 25.0 Å². The number of carbonyl (C=O) groups excluding carboxylic acids is 1. The summed E-state index contributed by atoms with van der Waals surface area (Å²) < 4.78 is 16.0. The maximum Gasteiger partial charge on any atom is 0.181 e. The first-order chi connectivity index (χ1) is 9.69. The lowest BCUT2D eigenvalue weighted by Gasteiger charge is -2.14. The molecule has 1 aromatic rings. The van der Waals surface area contributed by atoms with Crippen molar-refractivity contribution in [1.82, 2.24) is 0 Å². The van der Waals surface area contributed by atoms with Gasteiger partial charge in [0.25, 0.3) is 0 Å². The number of hydrogen-bond acceptors (Lipinski definition) is 4. The van der Waals surface area contributed by atoms with Gasteiger partial charge in [-0.2, -0.15) is 0 Å². The Bertz CT molecular complexity index is 545. The molecule has 0 heterocycles. The molecule has 0 fully saturated rings. The van der Waals surface area contributed by atoms with Crippen molar-refractivity contribution in [2.75, 3.05) is 21.3 Å². The smallest absolute Gasteiger partial charge is 0.181 e. The van der Waals surface area contributed by atoms with Gasteiger partial charge in [-0.1, -0.05) is 6.08 Å². The Morgan fingerprint density at radius 3 is 2.20 bits per heavy atom. The predicted molar refractivity (Wildman–Crippen MR) is 77.5 cm³/mol. The molecule has 0 unspecified atom stereocenters. The fourth-order valence-electron chi connectivity index (χ4n) is 2.15. The third-order valence-electron chi connectivity index (χ3n) is 3.24. The number of methoxy groups -OCH3 is 3. The van der Waals surface area contributed by atoms with Gasteiger partial charge in [0.15, 0.2) is 5.78 Å². The predicted octanol–water partition coefficient (Wildman–Crippen LogP) is 3.01. The summed E-state index contributed by atoms with van der Waals surface area (Å²) >= 11 is 0. The molecule has 0 amide bonds. The molecule has 106 valence electrons. The van der Waals surface area contributed by atoms with Crippen molar-refractivity contribution in [3.8, 4) is 17.2 Å². The standard InChI is InChI=1S/C16H18O4/c1-18-12-9-15(19-2)13(16(10-12)20-3)8-11-6-4-5-7-14(11)17/h5,7-10H,4,6H2,1-3H3/b11-8+. The van der Waals surface area contributed by atoms with Crippen LogP contribution in [0.4, 0.5) is 0 Å². The zero-order valence-electron chi connectivity index (χ0n) is 11.9. The highest BCUT2D eigenvalue weighted by Crippen LogP contribution is 2.36. The van der Waals surface area contributed by atoms with Gasteiger partial charge in [0.2, 0.25) is 0 Å². The maximum absolute atomic E-state index is 11.9. The van der Waals surface area contributed by atoms with Gasteiger partial charge < -0.3 is 14.2 Å². The van der Waals surface area contributed by atoms with E-state index in [0.29, 0.717) is 17.2 Å². The first-order valence-electron chi connectivity index (χ1n) is 6.41. The van der Waals surface area contributed by atoms with Crippen LogP contribution >= 0.6 is 0 Å². The van der Waals surface area contributed by atoms with Crippen molar-refractivity contribution in [3.05, 3.63) is 35.4 Å². The summed E-state index contributed by atoms with van der Waals surface area (Å²) in [6.07, 6.45) is 6.94. The highest BCUT2D eigenvalue weighted by Gasteiger charge is 2.15. The third kappa shape index (κ3) is 2.85. The van der Waals surface area contributed by atoms with Crippen LogP contribution in [0.1, 0.15) is 18.4 Å². The monoisotopic (exact) mass is 274 g/mol. The second kappa shape index (κ2) is 6.28. The highest BCUT2D eigenvalue weighted by molar-refractivity contribution is 6.08. The van der Waals surface area contributed by atoms with Crippen LogP contribution in [-0.2, 0) is 4.79 Å². The SMILES string of the molecule is COc1cc(OC)c(/C=C2\CCC=CC2=O)c(OC)c1. The second-order valence-corrected chi connectivity index (χ2v) is 4.42. The van der Waals surface area contributed by atoms with E-state index in [0.717, 1.165) is 24.0 Å². The first kappa shape index (κ1) is 14.2. The fraction of sp³-hybridized carbons (Fsp3) is 0.312. The molecular formula is C16H18O4. The molecule has 0 N–H and O–H groups in total. The molecule has 0 aromatic heterocycles. The Labute approximate surface area is 118 Å². The van der Waals surface area contributed by atoms with Crippen molar-refractivity contribution >= 4 is 11.9 Å². The summed E-state index contributed by atoms with van der Waals surface area (Å²) in [5, 5.41) is 0. The maximum atomic E-state index is 11.9. The van der Waals surface area contributed by atoms with Gasteiger partial charge in [0.1, 0.15) is 17.2 Å². The van der Waals surface area contributed by atoms with Gasteiger partial charge in [-0.15, -0.1) is 0 Å². The first-order valence-corrected chi connectivity index (χ1v) is 6.41. The molecule has 0 bridgehead atoms. The molecule has 0 aliphatic heterocycles. The van der Waals surface area contributed by atoms with Gasteiger partial charge in [0.05, 0.1) is 26.9 Å². The number of ether oxygens (including phenoxy) is 3. The molecule has 2 rings (SSSR count). The Kier molecular flexibility index (Phi) is 4.45. The van der Waals surface area contributed by atoms with E-state index >= 15 is 0 Å². The van der Waals surface area contributed by atoms with E-state index in [1.54, 1.807) is 39.5 Å². The van der Waals surface area contributed by atoms with Crippen LogP contribution in [0.3, 0.4) is 0 Å². The molecule has 0 atom stereocenters. The quantitative estimate of drug-likeness (QED) is 0.792. The lowest BCUT2D eigenvalue weighted by Crippen LogP contribution is -2.03. The second-order valence-electron chi connectivity index (χ2n) is 4.42. The van der Waals surface area contributed by atoms with Gasteiger partial charge in [0, 0.05) is 17.7 Å². The van der Waals surface area contributed by atoms with E-state index in [1.165, 1.54) is 0 Å². The summed E-state index contributed by atoms with van der Waals surface area (Å²) in [6.45, 7) is 0. The average molecular weight is 274 g/mol. The molecule has 20 heavy (non-hydrogen) atoms. The van der Waals surface area contributed by atoms with Crippen LogP contribution in [-0.4, -0.2) is 27.1 Å². The van der Waals surface area contributed by atoms with E-state index in [9.17, 15) is 4.79 Å². The largest absolute Gasteiger partial charge is 0.496 e. The van der Waals surface area contributed by atoms with E-state index in [-0.39, 0.29) is 5.78 Å². The van der Waals surface area contributed by atoms with Crippen molar-refractivity contribution in [3.63, 3.8) is 0 Å². The Morgan fingerprint density at radius 1 is 1.05 bits per heavy atom. The van der Waals surface area contributed by atoms with Crippen LogP contribution in [0.15, 0.2) is 29.9 Å². The number of allylic oxidation sites excluding steroid dienone is 3. The summed E-state index contributed by atoms with van der Waals surface area (Å²) in [5.74, 6) is 1.93.